The molecule has 0 saturated carbocycles. The summed E-state index contributed by atoms with van der Waals surface area (Å²) in [5.41, 5.74) is 1.70. The number of amides is 1. The first-order valence-corrected chi connectivity index (χ1v) is 9.86. The van der Waals surface area contributed by atoms with Crippen molar-refractivity contribution in [2.75, 3.05) is 32.1 Å². The number of anilines is 1. The van der Waals surface area contributed by atoms with Gasteiger partial charge in [-0.3, -0.25) is 9.69 Å². The van der Waals surface area contributed by atoms with Crippen LogP contribution in [-0.4, -0.2) is 37.6 Å². The molecule has 1 N–H and O–H groups in total. The Morgan fingerprint density at radius 3 is 2.53 bits per heavy atom. The van der Waals surface area contributed by atoms with Crippen LogP contribution in [0.2, 0.25) is 0 Å². The minimum Gasteiger partial charge on any atom is -0.486 e. The lowest BCUT2D eigenvalue weighted by Crippen LogP contribution is -2.30. The van der Waals surface area contributed by atoms with Crippen LogP contribution in [0.4, 0.5) is 5.69 Å². The Balaban J connectivity index is 1.35. The maximum atomic E-state index is 12.6. The van der Waals surface area contributed by atoms with Crippen molar-refractivity contribution < 1.29 is 19.0 Å². The molecule has 4 rings (SSSR count). The number of nitrogens with zero attached hydrogens (tertiary/aromatic N) is 1. The van der Waals surface area contributed by atoms with Gasteiger partial charge in [-0.1, -0.05) is 36.4 Å². The second-order valence-electron chi connectivity index (χ2n) is 7.11. The molecule has 3 aromatic carbocycles. The molecule has 0 radical (unpaired) electrons. The number of carbonyl (C=O) groups is 1. The zero-order chi connectivity index (χ0) is 20.8. The Labute approximate surface area is 176 Å². The molecule has 0 saturated heterocycles. The summed E-state index contributed by atoms with van der Waals surface area (Å²) in [5.74, 6) is 2.73. The molecule has 3 aromatic rings. The molecule has 30 heavy (non-hydrogen) atoms. The minimum absolute atomic E-state index is 0.112. The molecule has 1 heterocycles. The number of hydrogen-bond donors (Lipinski definition) is 1. The summed E-state index contributed by atoms with van der Waals surface area (Å²) >= 11 is 0. The highest BCUT2D eigenvalue weighted by molar-refractivity contribution is 5.93. The Morgan fingerprint density at radius 1 is 0.967 bits per heavy atom. The van der Waals surface area contributed by atoms with Gasteiger partial charge in [0.1, 0.15) is 19.0 Å². The molecule has 1 aliphatic rings. The Kier molecular flexibility index (Phi) is 6.15. The SMILES string of the molecule is CN(CC(=O)Nc1ccccc1Oc1ccccc1)Cc1ccc2c(c1)OCCO2. The molecule has 0 aromatic heterocycles. The van der Waals surface area contributed by atoms with E-state index in [9.17, 15) is 4.79 Å². The van der Waals surface area contributed by atoms with Gasteiger partial charge in [0.25, 0.3) is 0 Å². The zero-order valence-electron chi connectivity index (χ0n) is 16.8. The van der Waals surface area contributed by atoms with Crippen molar-refractivity contribution in [2.24, 2.45) is 0 Å². The number of hydrogen-bond acceptors (Lipinski definition) is 5. The summed E-state index contributed by atoms with van der Waals surface area (Å²) in [6, 6.07) is 22.8. The molecule has 0 aliphatic carbocycles. The number of benzene rings is 3. The van der Waals surface area contributed by atoms with Crippen LogP contribution in [0.5, 0.6) is 23.0 Å². The van der Waals surface area contributed by atoms with Crippen LogP contribution in [-0.2, 0) is 11.3 Å². The lowest BCUT2D eigenvalue weighted by Gasteiger charge is -2.21. The Morgan fingerprint density at radius 2 is 1.70 bits per heavy atom. The van der Waals surface area contributed by atoms with Crippen LogP contribution < -0.4 is 19.5 Å². The molecule has 1 amide bonds. The zero-order valence-corrected chi connectivity index (χ0v) is 16.8. The molecule has 154 valence electrons. The molecule has 0 unspecified atom stereocenters. The summed E-state index contributed by atoms with van der Waals surface area (Å²) < 4.78 is 17.1. The number of rotatable bonds is 7. The number of para-hydroxylation sites is 3. The Bertz CT molecular complexity index is 1010. The minimum atomic E-state index is -0.112. The van der Waals surface area contributed by atoms with E-state index < -0.39 is 0 Å². The van der Waals surface area contributed by atoms with E-state index in [2.05, 4.69) is 5.32 Å². The van der Waals surface area contributed by atoms with Crippen LogP contribution in [0.15, 0.2) is 72.8 Å². The number of ether oxygens (including phenoxy) is 3. The van der Waals surface area contributed by atoms with Gasteiger partial charge in [0, 0.05) is 6.54 Å². The highest BCUT2D eigenvalue weighted by Crippen LogP contribution is 2.31. The number of likely N-dealkylation sites (N-methyl/N-ethyl adjacent to an activating group) is 1. The molecule has 1 aliphatic heterocycles. The predicted molar refractivity (Wildman–Crippen MR) is 115 cm³/mol. The second-order valence-corrected chi connectivity index (χ2v) is 7.11. The summed E-state index contributed by atoms with van der Waals surface area (Å²) in [5, 5.41) is 2.95. The number of carbonyl (C=O) groups excluding carboxylic acids is 1. The van der Waals surface area contributed by atoms with Gasteiger partial charge in [0.05, 0.1) is 12.2 Å². The van der Waals surface area contributed by atoms with Crippen LogP contribution in [0.3, 0.4) is 0 Å². The standard InChI is InChI=1S/C24H24N2O4/c1-26(16-18-11-12-22-23(15-18)29-14-13-28-22)17-24(27)25-20-9-5-6-10-21(20)30-19-7-3-2-4-8-19/h2-12,15H,13-14,16-17H2,1H3,(H,25,27). The van der Waals surface area contributed by atoms with Crippen LogP contribution in [0.25, 0.3) is 0 Å². The first-order chi connectivity index (χ1) is 14.7. The molecule has 0 atom stereocenters. The van der Waals surface area contributed by atoms with Crippen LogP contribution in [0.1, 0.15) is 5.56 Å². The van der Waals surface area contributed by atoms with Gasteiger partial charge >= 0.3 is 0 Å². The van der Waals surface area contributed by atoms with Crippen LogP contribution >= 0.6 is 0 Å². The van der Waals surface area contributed by atoms with Gasteiger partial charge in [-0.25, -0.2) is 0 Å². The van der Waals surface area contributed by atoms with E-state index >= 15 is 0 Å². The van der Waals surface area contributed by atoms with Crippen molar-refractivity contribution in [3.8, 4) is 23.0 Å². The van der Waals surface area contributed by atoms with E-state index in [1.54, 1.807) is 0 Å². The lowest BCUT2D eigenvalue weighted by molar-refractivity contribution is -0.117. The maximum Gasteiger partial charge on any atom is 0.238 e. The highest BCUT2D eigenvalue weighted by atomic mass is 16.6. The summed E-state index contributed by atoms with van der Waals surface area (Å²) in [6.45, 7) is 1.99. The summed E-state index contributed by atoms with van der Waals surface area (Å²) in [4.78, 5) is 14.5. The van der Waals surface area contributed by atoms with Crippen molar-refractivity contribution in [1.29, 1.82) is 0 Å². The fourth-order valence-electron chi connectivity index (χ4n) is 3.26. The second kappa shape index (κ2) is 9.33. The average Bonchev–Trinajstić information content (AvgIpc) is 2.75. The summed E-state index contributed by atoms with van der Waals surface area (Å²) in [6.07, 6.45) is 0. The average molecular weight is 404 g/mol. The molecule has 0 spiro atoms. The highest BCUT2D eigenvalue weighted by Gasteiger charge is 2.14. The molecular weight excluding hydrogens is 380 g/mol. The number of fused-ring (bicyclic) bond motifs is 1. The fraction of sp³-hybridized carbons (Fsp3) is 0.208. The van der Waals surface area contributed by atoms with Gasteiger partial charge in [-0.15, -0.1) is 0 Å². The third kappa shape index (κ3) is 5.10. The Hall–Kier alpha value is -3.51. The first-order valence-electron chi connectivity index (χ1n) is 9.86. The van der Waals surface area contributed by atoms with E-state index in [1.807, 2.05) is 84.7 Å². The van der Waals surface area contributed by atoms with E-state index in [0.717, 1.165) is 22.8 Å². The van der Waals surface area contributed by atoms with Gasteiger partial charge in [0.2, 0.25) is 5.91 Å². The van der Waals surface area contributed by atoms with Crippen molar-refractivity contribution >= 4 is 11.6 Å². The third-order valence-corrected chi connectivity index (χ3v) is 4.60. The molecule has 0 fully saturated rings. The van der Waals surface area contributed by atoms with E-state index in [0.29, 0.717) is 31.2 Å². The van der Waals surface area contributed by atoms with Crippen molar-refractivity contribution in [1.82, 2.24) is 4.90 Å². The summed E-state index contributed by atoms with van der Waals surface area (Å²) in [7, 11) is 1.91. The monoisotopic (exact) mass is 404 g/mol. The topological polar surface area (TPSA) is 60.0 Å². The quantitative estimate of drug-likeness (QED) is 0.636. The smallest absolute Gasteiger partial charge is 0.238 e. The number of nitrogens with one attached hydrogen (secondary N) is 1. The van der Waals surface area contributed by atoms with Crippen molar-refractivity contribution in [3.63, 3.8) is 0 Å². The van der Waals surface area contributed by atoms with Crippen molar-refractivity contribution in [3.05, 3.63) is 78.4 Å². The van der Waals surface area contributed by atoms with E-state index in [1.165, 1.54) is 0 Å². The van der Waals surface area contributed by atoms with Crippen molar-refractivity contribution in [2.45, 2.75) is 6.54 Å². The van der Waals surface area contributed by atoms with E-state index in [-0.39, 0.29) is 12.5 Å². The molecule has 6 nitrogen and oxygen atoms in total. The van der Waals surface area contributed by atoms with Crippen LogP contribution in [0, 0.1) is 0 Å². The lowest BCUT2D eigenvalue weighted by atomic mass is 10.2. The first kappa shape index (κ1) is 19.8. The fourth-order valence-corrected chi connectivity index (χ4v) is 3.26. The van der Waals surface area contributed by atoms with Gasteiger partial charge in [-0.2, -0.15) is 0 Å². The van der Waals surface area contributed by atoms with E-state index in [4.69, 9.17) is 14.2 Å². The normalized spacial score (nSPS) is 12.5. The van der Waals surface area contributed by atoms with Gasteiger partial charge in [-0.05, 0) is 49.0 Å². The molecular formula is C24H24N2O4. The van der Waals surface area contributed by atoms with Gasteiger partial charge < -0.3 is 19.5 Å². The molecule has 6 heteroatoms. The third-order valence-electron chi connectivity index (χ3n) is 4.60. The predicted octanol–water partition coefficient (Wildman–Crippen LogP) is 4.32. The van der Waals surface area contributed by atoms with Gasteiger partial charge in [0.15, 0.2) is 17.2 Å². The largest absolute Gasteiger partial charge is 0.486 e. The maximum absolute atomic E-state index is 12.6. The molecule has 0 bridgehead atoms.